The lowest BCUT2D eigenvalue weighted by molar-refractivity contribution is -0.159. The van der Waals surface area contributed by atoms with Crippen molar-refractivity contribution in [3.8, 4) is 11.5 Å². The Balaban J connectivity index is 0.000000450. The number of aliphatic carboxylic acids is 2. The molecular formula is C17H25NO7. The molecular weight excluding hydrogens is 330 g/mol. The Morgan fingerprint density at radius 1 is 1.12 bits per heavy atom. The highest BCUT2D eigenvalue weighted by Crippen LogP contribution is 2.42. The van der Waals surface area contributed by atoms with Crippen LogP contribution in [0.4, 0.5) is 0 Å². The minimum absolute atomic E-state index is 0.500. The first-order valence-corrected chi connectivity index (χ1v) is 7.67. The minimum Gasteiger partial charge on any atom is -0.493 e. The summed E-state index contributed by atoms with van der Waals surface area (Å²) in [4.78, 5) is 18.2. The fourth-order valence-electron chi connectivity index (χ4n) is 2.68. The monoisotopic (exact) mass is 355 g/mol. The van der Waals surface area contributed by atoms with Gasteiger partial charge < -0.3 is 30.1 Å². The van der Waals surface area contributed by atoms with Crippen LogP contribution in [0.3, 0.4) is 0 Å². The van der Waals surface area contributed by atoms with Crippen molar-refractivity contribution in [3.63, 3.8) is 0 Å². The van der Waals surface area contributed by atoms with Crippen LogP contribution in [0.5, 0.6) is 11.5 Å². The first kappa shape index (κ1) is 20.7. The van der Waals surface area contributed by atoms with Gasteiger partial charge in [0.15, 0.2) is 11.5 Å². The van der Waals surface area contributed by atoms with Crippen molar-refractivity contribution >= 4 is 11.9 Å². The SMILES string of the molecule is COc1cc2c(cc1OC)C(C)(C(C)(C)O)NCC2.O=C(O)C(=O)O. The highest BCUT2D eigenvalue weighted by molar-refractivity contribution is 6.27. The lowest BCUT2D eigenvalue weighted by atomic mass is 9.73. The molecule has 4 N–H and O–H groups in total. The summed E-state index contributed by atoms with van der Waals surface area (Å²) in [5.41, 5.74) is 0.895. The first-order chi connectivity index (χ1) is 11.5. The zero-order valence-electron chi connectivity index (χ0n) is 15.0. The molecule has 8 heteroatoms. The first-order valence-electron chi connectivity index (χ1n) is 7.67. The van der Waals surface area contributed by atoms with E-state index < -0.39 is 23.1 Å². The topological polar surface area (TPSA) is 125 Å². The summed E-state index contributed by atoms with van der Waals surface area (Å²) in [5, 5.41) is 28.7. The van der Waals surface area contributed by atoms with E-state index in [4.69, 9.17) is 29.3 Å². The number of ether oxygens (including phenoxy) is 2. The van der Waals surface area contributed by atoms with Gasteiger partial charge in [-0.1, -0.05) is 0 Å². The summed E-state index contributed by atoms with van der Waals surface area (Å²) in [7, 11) is 3.27. The molecule has 0 amide bonds. The van der Waals surface area contributed by atoms with Gasteiger partial charge in [0, 0.05) is 6.54 Å². The fraction of sp³-hybridized carbons (Fsp3) is 0.529. The molecule has 1 atom stereocenters. The molecule has 1 aromatic carbocycles. The largest absolute Gasteiger partial charge is 0.493 e. The van der Waals surface area contributed by atoms with Crippen LogP contribution in [0.25, 0.3) is 0 Å². The summed E-state index contributed by atoms with van der Waals surface area (Å²) >= 11 is 0. The third kappa shape index (κ3) is 4.40. The molecule has 0 saturated carbocycles. The third-order valence-electron chi connectivity index (χ3n) is 4.43. The number of nitrogens with one attached hydrogen (secondary N) is 1. The van der Waals surface area contributed by atoms with Crippen LogP contribution in [0.2, 0.25) is 0 Å². The van der Waals surface area contributed by atoms with E-state index in [2.05, 4.69) is 5.32 Å². The van der Waals surface area contributed by atoms with Crippen molar-refractivity contribution in [2.75, 3.05) is 20.8 Å². The van der Waals surface area contributed by atoms with Gasteiger partial charge in [-0.05, 0) is 50.5 Å². The van der Waals surface area contributed by atoms with E-state index in [0.29, 0.717) is 5.75 Å². The van der Waals surface area contributed by atoms with Gasteiger partial charge in [-0.3, -0.25) is 0 Å². The number of aliphatic hydroxyl groups is 1. The lowest BCUT2D eigenvalue weighted by Gasteiger charge is -2.45. The smallest absolute Gasteiger partial charge is 0.414 e. The molecule has 0 fully saturated rings. The van der Waals surface area contributed by atoms with E-state index in [1.807, 2.05) is 32.9 Å². The maximum Gasteiger partial charge on any atom is 0.414 e. The predicted octanol–water partition coefficient (Wildman–Crippen LogP) is 0.991. The summed E-state index contributed by atoms with van der Waals surface area (Å²) in [5.74, 6) is -2.22. The van der Waals surface area contributed by atoms with E-state index in [1.165, 1.54) is 5.56 Å². The molecule has 0 aliphatic carbocycles. The summed E-state index contributed by atoms with van der Waals surface area (Å²) < 4.78 is 10.7. The van der Waals surface area contributed by atoms with Crippen molar-refractivity contribution in [1.29, 1.82) is 0 Å². The second-order valence-corrected chi connectivity index (χ2v) is 6.34. The number of rotatable bonds is 3. The van der Waals surface area contributed by atoms with Gasteiger partial charge >= 0.3 is 11.9 Å². The summed E-state index contributed by atoms with van der Waals surface area (Å²) in [6.07, 6.45) is 0.918. The average Bonchev–Trinajstić information content (AvgIpc) is 2.53. The molecule has 1 aliphatic rings. The normalized spacial score (nSPS) is 19.1. The number of methoxy groups -OCH3 is 2. The highest BCUT2D eigenvalue weighted by atomic mass is 16.5. The zero-order chi connectivity index (χ0) is 19.4. The van der Waals surface area contributed by atoms with E-state index in [-0.39, 0.29) is 0 Å². The molecule has 1 aromatic rings. The number of hydrogen-bond donors (Lipinski definition) is 4. The molecule has 0 radical (unpaired) electrons. The van der Waals surface area contributed by atoms with Gasteiger partial charge in [-0.25, -0.2) is 9.59 Å². The Morgan fingerprint density at radius 2 is 1.60 bits per heavy atom. The Morgan fingerprint density at radius 3 is 2.00 bits per heavy atom. The minimum atomic E-state index is -1.82. The molecule has 0 spiro atoms. The van der Waals surface area contributed by atoms with Crippen molar-refractivity contribution < 1.29 is 34.4 Å². The summed E-state index contributed by atoms with van der Waals surface area (Å²) in [6, 6.07) is 3.98. The number of carboxylic acid groups (broad SMARTS) is 2. The molecule has 0 bridgehead atoms. The van der Waals surface area contributed by atoms with Gasteiger partial charge in [0.25, 0.3) is 0 Å². The fourth-order valence-corrected chi connectivity index (χ4v) is 2.68. The number of carboxylic acids is 2. The average molecular weight is 355 g/mol. The Bertz CT molecular complexity index is 639. The van der Waals surface area contributed by atoms with Crippen LogP contribution in [0, 0.1) is 0 Å². The van der Waals surface area contributed by atoms with Crippen molar-refractivity contribution in [1.82, 2.24) is 5.32 Å². The summed E-state index contributed by atoms with van der Waals surface area (Å²) in [6.45, 7) is 6.51. The maximum atomic E-state index is 10.5. The molecule has 140 valence electrons. The number of fused-ring (bicyclic) bond motifs is 1. The molecule has 1 aliphatic heterocycles. The predicted molar refractivity (Wildman–Crippen MR) is 90.2 cm³/mol. The Hall–Kier alpha value is -2.32. The van der Waals surface area contributed by atoms with Crippen LogP contribution < -0.4 is 14.8 Å². The van der Waals surface area contributed by atoms with Crippen molar-refractivity contribution in [2.45, 2.75) is 38.3 Å². The molecule has 8 nitrogen and oxygen atoms in total. The van der Waals surface area contributed by atoms with Crippen LogP contribution in [-0.2, 0) is 21.5 Å². The maximum absolute atomic E-state index is 10.5. The van der Waals surface area contributed by atoms with E-state index in [9.17, 15) is 5.11 Å². The number of carbonyl (C=O) groups is 2. The van der Waals surface area contributed by atoms with Crippen LogP contribution >= 0.6 is 0 Å². The van der Waals surface area contributed by atoms with Crippen LogP contribution in [0.15, 0.2) is 12.1 Å². The quantitative estimate of drug-likeness (QED) is 0.592. The zero-order valence-corrected chi connectivity index (χ0v) is 15.0. The lowest BCUT2D eigenvalue weighted by Crippen LogP contribution is -2.58. The molecule has 0 saturated heterocycles. The van der Waals surface area contributed by atoms with Gasteiger partial charge in [0.05, 0.1) is 25.4 Å². The molecule has 0 aromatic heterocycles. The van der Waals surface area contributed by atoms with Gasteiger partial charge in [0.1, 0.15) is 0 Å². The second kappa shape index (κ2) is 7.71. The van der Waals surface area contributed by atoms with Gasteiger partial charge in [0.2, 0.25) is 0 Å². The Kier molecular flexibility index (Phi) is 6.39. The number of benzene rings is 1. The van der Waals surface area contributed by atoms with Gasteiger partial charge in [-0.15, -0.1) is 0 Å². The van der Waals surface area contributed by atoms with Gasteiger partial charge in [-0.2, -0.15) is 0 Å². The number of hydrogen-bond acceptors (Lipinski definition) is 6. The van der Waals surface area contributed by atoms with Crippen molar-refractivity contribution in [3.05, 3.63) is 23.3 Å². The van der Waals surface area contributed by atoms with Crippen LogP contribution in [-0.4, -0.2) is 53.6 Å². The third-order valence-corrected chi connectivity index (χ3v) is 4.43. The van der Waals surface area contributed by atoms with Crippen LogP contribution in [0.1, 0.15) is 31.9 Å². The van der Waals surface area contributed by atoms with E-state index >= 15 is 0 Å². The highest BCUT2D eigenvalue weighted by Gasteiger charge is 2.44. The molecule has 2 rings (SSSR count). The second-order valence-electron chi connectivity index (χ2n) is 6.34. The van der Waals surface area contributed by atoms with E-state index in [1.54, 1.807) is 14.2 Å². The van der Waals surface area contributed by atoms with Crippen molar-refractivity contribution in [2.24, 2.45) is 0 Å². The van der Waals surface area contributed by atoms with E-state index in [0.717, 1.165) is 24.3 Å². The molecule has 1 unspecified atom stereocenters. The molecule has 25 heavy (non-hydrogen) atoms. The molecule has 1 heterocycles. The Labute approximate surface area is 146 Å². The standard InChI is InChI=1S/C15H23NO3.C2H2O4/c1-14(2,17)15(3)11-9-13(19-5)12(18-4)8-10(11)6-7-16-15;3-1(4)2(5)6/h8-9,16-17H,6-7H2,1-5H3;(H,3,4)(H,5,6).